The first-order chi connectivity index (χ1) is 11.1. The number of benzene rings is 2. The van der Waals surface area contributed by atoms with Gasteiger partial charge in [-0.2, -0.15) is 0 Å². The van der Waals surface area contributed by atoms with Crippen LogP contribution in [0.5, 0.6) is 0 Å². The van der Waals surface area contributed by atoms with Gasteiger partial charge in [-0.25, -0.2) is 4.79 Å². The van der Waals surface area contributed by atoms with Crippen molar-refractivity contribution in [3.63, 3.8) is 0 Å². The maximum Gasteiger partial charge on any atom is 0.349 e. The number of carbonyl (C=O) groups excluding carboxylic acids is 1. The predicted octanol–water partition coefficient (Wildman–Crippen LogP) is 4.26. The zero-order chi connectivity index (χ0) is 16.4. The molecule has 0 fully saturated rings. The van der Waals surface area contributed by atoms with Gasteiger partial charge in [0.1, 0.15) is 11.1 Å². The summed E-state index contributed by atoms with van der Waals surface area (Å²) in [5.41, 5.74) is 1.35. The molecule has 0 radical (unpaired) electrons. The zero-order valence-corrected chi connectivity index (χ0v) is 13.2. The molecule has 116 valence electrons. The Morgan fingerprint density at radius 1 is 1.17 bits per heavy atom. The molecule has 1 amide bonds. The second kappa shape index (κ2) is 6.26. The van der Waals surface area contributed by atoms with Crippen molar-refractivity contribution in [3.8, 4) is 0 Å². The molecule has 0 aliphatic carbocycles. The fraction of sp³-hybridized carbons (Fsp3) is 0.111. The second-order valence-corrected chi connectivity index (χ2v) is 5.53. The minimum Gasteiger partial charge on any atom is -0.422 e. The van der Waals surface area contributed by atoms with Crippen molar-refractivity contribution in [2.45, 2.75) is 13.3 Å². The molecule has 2 aromatic carbocycles. The van der Waals surface area contributed by atoms with Gasteiger partial charge >= 0.3 is 5.63 Å². The van der Waals surface area contributed by atoms with Gasteiger partial charge in [-0.05, 0) is 42.3 Å². The maximum absolute atomic E-state index is 12.4. The van der Waals surface area contributed by atoms with E-state index in [9.17, 15) is 9.59 Å². The van der Waals surface area contributed by atoms with E-state index in [0.29, 0.717) is 21.7 Å². The third-order valence-corrected chi connectivity index (χ3v) is 3.82. The molecule has 5 heteroatoms. The van der Waals surface area contributed by atoms with Gasteiger partial charge in [0.2, 0.25) is 0 Å². The van der Waals surface area contributed by atoms with Crippen LogP contribution in [-0.4, -0.2) is 5.91 Å². The van der Waals surface area contributed by atoms with Gasteiger partial charge in [-0.1, -0.05) is 36.7 Å². The van der Waals surface area contributed by atoms with Gasteiger partial charge in [0.25, 0.3) is 5.91 Å². The highest BCUT2D eigenvalue weighted by Gasteiger charge is 2.15. The molecule has 3 rings (SSSR count). The quantitative estimate of drug-likeness (QED) is 0.731. The van der Waals surface area contributed by atoms with Crippen LogP contribution in [0.2, 0.25) is 5.02 Å². The molecule has 0 saturated carbocycles. The fourth-order valence-electron chi connectivity index (χ4n) is 2.39. The Kier molecular flexibility index (Phi) is 4.17. The summed E-state index contributed by atoms with van der Waals surface area (Å²) in [6.07, 6.45) is 0.776. The minimum absolute atomic E-state index is 0.0503. The van der Waals surface area contributed by atoms with Gasteiger partial charge in [0, 0.05) is 16.1 Å². The molecule has 1 aromatic heterocycles. The molecule has 0 saturated heterocycles. The number of fused-ring (bicyclic) bond motifs is 1. The molecule has 4 nitrogen and oxygen atoms in total. The monoisotopic (exact) mass is 327 g/mol. The van der Waals surface area contributed by atoms with Gasteiger partial charge < -0.3 is 9.73 Å². The number of carbonyl (C=O) groups is 1. The Hall–Kier alpha value is -2.59. The number of nitrogens with one attached hydrogen (secondary N) is 1. The average molecular weight is 328 g/mol. The number of aryl methyl sites for hydroxylation is 1. The maximum atomic E-state index is 12.4. The summed E-state index contributed by atoms with van der Waals surface area (Å²) >= 11 is 5.94. The Labute approximate surface area is 137 Å². The third kappa shape index (κ3) is 3.12. The van der Waals surface area contributed by atoms with E-state index >= 15 is 0 Å². The van der Waals surface area contributed by atoms with Crippen molar-refractivity contribution in [1.29, 1.82) is 0 Å². The van der Waals surface area contributed by atoms with E-state index in [1.807, 2.05) is 25.1 Å². The Morgan fingerprint density at radius 2 is 1.96 bits per heavy atom. The lowest BCUT2D eigenvalue weighted by Crippen LogP contribution is -2.21. The Morgan fingerprint density at radius 3 is 2.74 bits per heavy atom. The van der Waals surface area contributed by atoms with Crippen LogP contribution in [0, 0.1) is 0 Å². The van der Waals surface area contributed by atoms with E-state index in [-0.39, 0.29) is 5.56 Å². The molecular weight excluding hydrogens is 314 g/mol. The fourth-order valence-corrected chi connectivity index (χ4v) is 2.57. The molecule has 0 spiro atoms. The van der Waals surface area contributed by atoms with Crippen molar-refractivity contribution in [2.75, 3.05) is 5.32 Å². The molecule has 1 N–H and O–H groups in total. The van der Waals surface area contributed by atoms with Crippen LogP contribution < -0.4 is 10.9 Å². The zero-order valence-electron chi connectivity index (χ0n) is 12.4. The first kappa shape index (κ1) is 15.3. The Balaban J connectivity index is 2.00. The van der Waals surface area contributed by atoms with Crippen LogP contribution in [0.3, 0.4) is 0 Å². The van der Waals surface area contributed by atoms with Gasteiger partial charge in [-0.3, -0.25) is 4.79 Å². The summed E-state index contributed by atoms with van der Waals surface area (Å²) in [5.74, 6) is -0.499. The number of hydrogen-bond acceptors (Lipinski definition) is 3. The van der Waals surface area contributed by atoms with Crippen LogP contribution >= 0.6 is 11.6 Å². The highest BCUT2D eigenvalue weighted by atomic mass is 35.5. The molecule has 3 aromatic rings. The lowest BCUT2D eigenvalue weighted by molar-refractivity contribution is 0.102. The van der Waals surface area contributed by atoms with Crippen LogP contribution in [0.15, 0.2) is 57.7 Å². The van der Waals surface area contributed by atoms with Crippen LogP contribution in [0.25, 0.3) is 11.0 Å². The van der Waals surface area contributed by atoms with Gasteiger partial charge in [0.15, 0.2) is 0 Å². The standard InChI is InChI=1S/C18H14ClNO3/c1-2-11-5-3-4-6-15(11)20-17(21)14-10-12-9-13(19)7-8-16(12)23-18(14)22/h3-10H,2H2,1H3,(H,20,21). The van der Waals surface area contributed by atoms with Crippen molar-refractivity contribution in [1.82, 2.24) is 0 Å². The molecule has 1 heterocycles. The Bertz CT molecular complexity index is 946. The summed E-state index contributed by atoms with van der Waals surface area (Å²) in [6, 6.07) is 13.8. The summed E-state index contributed by atoms with van der Waals surface area (Å²) < 4.78 is 5.19. The molecule has 23 heavy (non-hydrogen) atoms. The van der Waals surface area contributed by atoms with E-state index < -0.39 is 11.5 Å². The topological polar surface area (TPSA) is 59.3 Å². The molecular formula is C18H14ClNO3. The summed E-state index contributed by atoms with van der Waals surface area (Å²) in [7, 11) is 0. The van der Waals surface area contributed by atoms with E-state index in [2.05, 4.69) is 5.32 Å². The molecule has 0 unspecified atom stereocenters. The summed E-state index contributed by atoms with van der Waals surface area (Å²) in [5, 5.41) is 3.88. The molecule has 0 aliphatic rings. The number of hydrogen-bond donors (Lipinski definition) is 1. The van der Waals surface area contributed by atoms with Crippen molar-refractivity contribution < 1.29 is 9.21 Å². The van der Waals surface area contributed by atoms with Crippen LogP contribution in [0.4, 0.5) is 5.69 Å². The summed E-state index contributed by atoms with van der Waals surface area (Å²) in [4.78, 5) is 24.5. The lowest BCUT2D eigenvalue weighted by atomic mass is 10.1. The second-order valence-electron chi connectivity index (χ2n) is 5.09. The highest BCUT2D eigenvalue weighted by molar-refractivity contribution is 6.31. The minimum atomic E-state index is -0.675. The van der Waals surface area contributed by atoms with Crippen LogP contribution in [-0.2, 0) is 6.42 Å². The average Bonchev–Trinajstić information content (AvgIpc) is 2.55. The number of rotatable bonds is 3. The number of para-hydroxylation sites is 1. The van der Waals surface area contributed by atoms with E-state index in [1.54, 1.807) is 24.3 Å². The van der Waals surface area contributed by atoms with Gasteiger partial charge in [0.05, 0.1) is 0 Å². The van der Waals surface area contributed by atoms with E-state index in [0.717, 1.165) is 12.0 Å². The number of amides is 1. The normalized spacial score (nSPS) is 10.7. The first-order valence-corrected chi connectivity index (χ1v) is 7.59. The molecule has 0 bridgehead atoms. The highest BCUT2D eigenvalue weighted by Crippen LogP contribution is 2.20. The van der Waals surface area contributed by atoms with Crippen molar-refractivity contribution in [3.05, 3.63) is 75.1 Å². The molecule has 0 atom stereocenters. The van der Waals surface area contributed by atoms with E-state index in [4.69, 9.17) is 16.0 Å². The first-order valence-electron chi connectivity index (χ1n) is 7.21. The third-order valence-electron chi connectivity index (χ3n) is 3.59. The number of anilines is 1. The largest absolute Gasteiger partial charge is 0.422 e. The van der Waals surface area contributed by atoms with Crippen molar-refractivity contribution in [2.24, 2.45) is 0 Å². The summed E-state index contributed by atoms with van der Waals surface area (Å²) in [6.45, 7) is 2.00. The van der Waals surface area contributed by atoms with Crippen molar-refractivity contribution >= 4 is 34.2 Å². The van der Waals surface area contributed by atoms with Gasteiger partial charge in [-0.15, -0.1) is 0 Å². The smallest absolute Gasteiger partial charge is 0.349 e. The number of halogens is 1. The lowest BCUT2D eigenvalue weighted by Gasteiger charge is -2.09. The predicted molar refractivity (Wildman–Crippen MR) is 91.3 cm³/mol. The van der Waals surface area contributed by atoms with E-state index in [1.165, 1.54) is 6.07 Å². The molecule has 0 aliphatic heterocycles. The van der Waals surface area contributed by atoms with Crippen LogP contribution in [0.1, 0.15) is 22.8 Å². The SMILES string of the molecule is CCc1ccccc1NC(=O)c1cc2cc(Cl)ccc2oc1=O.